The molecular formula is C64H76N4Si. The van der Waals surface area contributed by atoms with Crippen molar-refractivity contribution in [2.75, 3.05) is 0 Å². The van der Waals surface area contributed by atoms with Crippen molar-refractivity contribution in [2.45, 2.75) is 216 Å². The van der Waals surface area contributed by atoms with Gasteiger partial charge in [0.1, 0.15) is 0 Å². The third-order valence-electron chi connectivity index (χ3n) is 22.0. The molecule has 4 bridgehead atoms. The summed E-state index contributed by atoms with van der Waals surface area (Å²) < 4.78 is 5.47. The van der Waals surface area contributed by atoms with Crippen molar-refractivity contribution in [3.8, 4) is 0 Å². The minimum Gasteiger partial charge on any atom is -0.306 e. The van der Waals surface area contributed by atoms with E-state index in [9.17, 15) is 0 Å². The van der Waals surface area contributed by atoms with Crippen molar-refractivity contribution in [1.29, 1.82) is 0 Å². The highest BCUT2D eigenvalue weighted by Gasteiger charge is 2.51. The lowest BCUT2D eigenvalue weighted by Crippen LogP contribution is -2.55. The smallest absolute Gasteiger partial charge is 0.0943 e. The van der Waals surface area contributed by atoms with Crippen LogP contribution in [0.25, 0.3) is 76.2 Å². The Kier molecular flexibility index (Phi) is 8.64. The maximum absolute atomic E-state index is 5.88. The maximum Gasteiger partial charge on any atom is 0.0943 e. The molecule has 0 aliphatic heterocycles. The monoisotopic (exact) mass is 929 g/mol. The minimum absolute atomic E-state index is 0.0185. The lowest BCUT2D eigenvalue weighted by molar-refractivity contribution is 0.165. The van der Waals surface area contributed by atoms with Gasteiger partial charge in [-0.3, -0.25) is 9.97 Å². The van der Waals surface area contributed by atoms with Crippen LogP contribution in [0.5, 0.6) is 0 Å². The zero-order valence-corrected chi connectivity index (χ0v) is 44.5. The van der Waals surface area contributed by atoms with Gasteiger partial charge in [-0.15, -0.1) is 0 Å². The van der Waals surface area contributed by atoms with Crippen LogP contribution in [0.4, 0.5) is 0 Å². The molecule has 2 spiro atoms. The first kappa shape index (κ1) is 42.5. The summed E-state index contributed by atoms with van der Waals surface area (Å²) in [6.07, 6.45) is 27.8. The Balaban J connectivity index is 1.11. The summed E-state index contributed by atoms with van der Waals surface area (Å²) >= 11 is 0. The van der Waals surface area contributed by atoms with Gasteiger partial charge in [0, 0.05) is 60.1 Å². The van der Waals surface area contributed by atoms with Crippen LogP contribution in [-0.2, 0) is 16.2 Å². The molecule has 2 atom stereocenters. The van der Waals surface area contributed by atoms with Crippen molar-refractivity contribution in [1.82, 2.24) is 18.8 Å². The van der Waals surface area contributed by atoms with Gasteiger partial charge in [-0.1, -0.05) is 118 Å². The maximum atomic E-state index is 5.88. The molecule has 7 aliphatic rings. The van der Waals surface area contributed by atoms with Gasteiger partial charge in [-0.25, -0.2) is 0 Å². The second-order valence-electron chi connectivity index (χ2n) is 27.1. The Labute approximate surface area is 411 Å². The normalized spacial score (nSPS) is 24.8. The quantitative estimate of drug-likeness (QED) is 0.165. The summed E-state index contributed by atoms with van der Waals surface area (Å²) in [5.41, 5.74) is 18.5. The molecule has 4 saturated carbocycles. The predicted molar refractivity (Wildman–Crippen MR) is 295 cm³/mol. The molecule has 356 valence electrons. The molecular weight excluding hydrogens is 853 g/mol. The highest BCUT2D eigenvalue weighted by Crippen LogP contribution is 2.61. The molecule has 5 heteroatoms. The van der Waals surface area contributed by atoms with Gasteiger partial charge in [0.15, 0.2) is 0 Å². The van der Waals surface area contributed by atoms with Gasteiger partial charge in [-0.05, 0) is 157 Å². The second-order valence-corrected chi connectivity index (χ2v) is 33.0. The van der Waals surface area contributed by atoms with Crippen molar-refractivity contribution in [3.05, 3.63) is 76.9 Å². The number of rotatable bonds is 4. The molecule has 6 heterocycles. The average Bonchev–Trinajstić information content (AvgIpc) is 4.01. The highest BCUT2D eigenvalue weighted by molar-refractivity contribution is 6.95. The van der Waals surface area contributed by atoms with Crippen LogP contribution >= 0.6 is 0 Å². The van der Waals surface area contributed by atoms with E-state index in [4.69, 9.17) is 9.97 Å². The van der Waals surface area contributed by atoms with Gasteiger partial charge in [0.2, 0.25) is 0 Å². The Bertz CT molecular complexity index is 3580. The summed E-state index contributed by atoms with van der Waals surface area (Å²) in [6, 6.07) is 16.2. The molecule has 0 radical (unpaired) electrons. The van der Waals surface area contributed by atoms with Gasteiger partial charge in [0.05, 0.1) is 59.3 Å². The Morgan fingerprint density at radius 2 is 1.03 bits per heavy atom. The van der Waals surface area contributed by atoms with E-state index in [-0.39, 0.29) is 16.2 Å². The lowest BCUT2D eigenvalue weighted by atomic mass is 9.54. The van der Waals surface area contributed by atoms with E-state index >= 15 is 0 Å². The van der Waals surface area contributed by atoms with E-state index in [0.717, 1.165) is 11.8 Å². The van der Waals surface area contributed by atoms with E-state index in [1.54, 1.807) is 27.1 Å². The fourth-order valence-corrected chi connectivity index (χ4v) is 26.2. The molecule has 6 aromatic heterocycles. The Morgan fingerprint density at radius 1 is 0.522 bits per heavy atom. The molecule has 0 saturated heterocycles. The van der Waals surface area contributed by atoms with Crippen LogP contribution in [-0.4, -0.2) is 26.8 Å². The molecule has 2 unspecified atom stereocenters. The van der Waals surface area contributed by atoms with E-state index in [1.165, 1.54) is 192 Å². The molecule has 69 heavy (non-hydrogen) atoms. The van der Waals surface area contributed by atoms with Crippen molar-refractivity contribution in [3.63, 3.8) is 0 Å². The van der Waals surface area contributed by atoms with Gasteiger partial charge >= 0.3 is 0 Å². The number of aromatic nitrogens is 4. The summed E-state index contributed by atoms with van der Waals surface area (Å²) in [7, 11) is -2.08. The third-order valence-corrected chi connectivity index (χ3v) is 29.0. The number of nitrogens with zero attached hydrogens (tertiary/aromatic N) is 4. The first-order valence-electron chi connectivity index (χ1n) is 28.5. The topological polar surface area (TPSA) is 34.6 Å². The van der Waals surface area contributed by atoms with Crippen LogP contribution in [0.2, 0.25) is 16.6 Å². The SMILES string of the molecule is CC(C)[Si](c1cc2c3cc4c(cc3n3c5cnc6c(c5c(c1)c23)C1(CCCCC1)CCC61CCCCC1)c1cc(C(C)(C)C)cc2c3c5c(ncc3n4c12)C1CC2CC(C1)CC5C2)(C(C)C)C(C)C. The van der Waals surface area contributed by atoms with Crippen LogP contribution < -0.4 is 5.19 Å². The van der Waals surface area contributed by atoms with Crippen molar-refractivity contribution < 1.29 is 0 Å². The first-order valence-corrected chi connectivity index (χ1v) is 30.7. The number of pyridine rings is 2. The summed E-state index contributed by atoms with van der Waals surface area (Å²) in [6.45, 7) is 22.7. The molecule has 9 aromatic rings. The fraction of sp³-hybridized carbons (Fsp3) is 0.562. The molecule has 4 nitrogen and oxygen atoms in total. The van der Waals surface area contributed by atoms with E-state index < -0.39 is 8.07 Å². The molecule has 4 fully saturated rings. The zero-order valence-electron chi connectivity index (χ0n) is 43.5. The third kappa shape index (κ3) is 5.28. The minimum atomic E-state index is -2.08. The molecule has 3 aromatic carbocycles. The number of fused-ring (bicyclic) bond motifs is 16. The van der Waals surface area contributed by atoms with Gasteiger partial charge < -0.3 is 8.80 Å². The first-order chi connectivity index (χ1) is 33.2. The summed E-state index contributed by atoms with van der Waals surface area (Å²) in [5, 5.41) is 13.6. The number of hydrogen-bond donors (Lipinski definition) is 0. The number of hydrogen-bond acceptors (Lipinski definition) is 2. The van der Waals surface area contributed by atoms with Gasteiger partial charge in [-0.2, -0.15) is 0 Å². The van der Waals surface area contributed by atoms with Crippen LogP contribution in [0, 0.1) is 11.8 Å². The fourth-order valence-electron chi connectivity index (χ4n) is 19.4. The summed E-state index contributed by atoms with van der Waals surface area (Å²) in [4.78, 5) is 11.5. The van der Waals surface area contributed by atoms with Crippen LogP contribution in [0.15, 0.2) is 48.8 Å². The lowest BCUT2D eigenvalue weighted by Gasteiger charge is -2.50. The molecule has 0 N–H and O–H groups in total. The molecule has 0 amide bonds. The zero-order chi connectivity index (χ0) is 46.8. The standard InChI is InChI=1S/C64H76N4Si/c1-35(2)69(36(3)4,37(5)6)43-29-47-45-32-50-44(46-27-42(62(7,8)9)28-48-55-52(67(50)59(46)48)33-65-58-41-25-38-22-39(26-41)24-40(23-38)54(55)58)31-51(45)68-53-34-66-61-57(56(53)49(30-43)60(47)68)63(16-12-10-13-17-63)20-21-64(61)18-14-11-15-19-64/h27-41H,10-26H2,1-9H3. The molecule has 16 rings (SSSR count). The van der Waals surface area contributed by atoms with E-state index in [1.807, 2.05) is 0 Å². The highest BCUT2D eigenvalue weighted by atomic mass is 28.3. The predicted octanol–water partition coefficient (Wildman–Crippen LogP) is 17.5. The van der Waals surface area contributed by atoms with Crippen LogP contribution in [0.3, 0.4) is 0 Å². The van der Waals surface area contributed by atoms with Crippen molar-refractivity contribution in [2.24, 2.45) is 11.8 Å². The van der Waals surface area contributed by atoms with Crippen LogP contribution in [0.1, 0.15) is 211 Å². The largest absolute Gasteiger partial charge is 0.306 e. The van der Waals surface area contributed by atoms with Crippen molar-refractivity contribution >= 4 is 89.5 Å². The van der Waals surface area contributed by atoms with E-state index in [2.05, 4.69) is 120 Å². The Hall–Kier alpha value is -4.22. The van der Waals surface area contributed by atoms with E-state index in [0.29, 0.717) is 28.5 Å². The summed E-state index contributed by atoms with van der Waals surface area (Å²) in [5.74, 6) is 3.00. The average molecular weight is 929 g/mol. The van der Waals surface area contributed by atoms with Gasteiger partial charge in [0.25, 0.3) is 0 Å². The Morgan fingerprint density at radius 3 is 1.64 bits per heavy atom. The molecule has 7 aliphatic carbocycles. The number of benzene rings is 3. The second kappa shape index (κ2) is 14.0.